The van der Waals surface area contributed by atoms with E-state index in [9.17, 15) is 9.18 Å². The number of methoxy groups -OCH3 is 1. The van der Waals surface area contributed by atoms with E-state index >= 15 is 0 Å². The van der Waals surface area contributed by atoms with Crippen molar-refractivity contribution in [1.82, 2.24) is 15.1 Å². The number of rotatable bonds is 3. The van der Waals surface area contributed by atoms with Crippen LogP contribution in [-0.4, -0.2) is 54.3 Å². The van der Waals surface area contributed by atoms with E-state index in [2.05, 4.69) is 15.1 Å². The lowest BCUT2D eigenvalue weighted by Crippen LogP contribution is -2.49. The maximum atomic E-state index is 13.4. The lowest BCUT2D eigenvalue weighted by Gasteiger charge is -2.35. The van der Waals surface area contributed by atoms with Gasteiger partial charge in [0.15, 0.2) is 5.82 Å². The summed E-state index contributed by atoms with van der Waals surface area (Å²) in [6.07, 6.45) is 1.62. The third-order valence-electron chi connectivity index (χ3n) is 3.84. The first-order valence-corrected chi connectivity index (χ1v) is 7.34. The van der Waals surface area contributed by atoms with Crippen molar-refractivity contribution >= 4 is 11.7 Å². The predicted octanol–water partition coefficient (Wildman–Crippen LogP) is 1.59. The van der Waals surface area contributed by atoms with Crippen LogP contribution in [0.25, 0.3) is 0 Å². The Morgan fingerprint density at radius 2 is 2.00 bits per heavy atom. The Morgan fingerprint density at radius 1 is 1.22 bits per heavy atom. The molecule has 23 heavy (non-hydrogen) atoms. The van der Waals surface area contributed by atoms with Crippen LogP contribution in [0.3, 0.4) is 0 Å². The molecule has 2 heterocycles. The highest BCUT2D eigenvalue weighted by atomic mass is 19.1. The fraction of sp³-hybridized carbons (Fsp3) is 0.312. The molecule has 1 fully saturated rings. The van der Waals surface area contributed by atoms with Crippen molar-refractivity contribution in [3.05, 3.63) is 47.9 Å². The largest absolute Gasteiger partial charge is 0.496 e. The lowest BCUT2D eigenvalue weighted by atomic mass is 10.1. The summed E-state index contributed by atoms with van der Waals surface area (Å²) in [6.45, 7) is 2.38. The summed E-state index contributed by atoms with van der Waals surface area (Å²) in [5, 5.41) is 7.94. The van der Waals surface area contributed by atoms with Gasteiger partial charge in [-0.2, -0.15) is 5.10 Å². The Balaban J connectivity index is 1.70. The summed E-state index contributed by atoms with van der Waals surface area (Å²) in [6, 6.07) is 7.69. The number of hydrogen-bond donors (Lipinski definition) is 0. The Morgan fingerprint density at radius 3 is 2.65 bits per heavy atom. The molecule has 1 aliphatic heterocycles. The first kappa shape index (κ1) is 15.2. The topological polar surface area (TPSA) is 58.6 Å². The molecule has 1 saturated heterocycles. The average molecular weight is 316 g/mol. The average Bonchev–Trinajstić information content (AvgIpc) is 2.62. The number of aromatic nitrogens is 2. The smallest absolute Gasteiger partial charge is 0.257 e. The van der Waals surface area contributed by atoms with E-state index in [-0.39, 0.29) is 11.5 Å². The monoisotopic (exact) mass is 316 g/mol. The van der Waals surface area contributed by atoms with E-state index in [0.29, 0.717) is 31.9 Å². The highest BCUT2D eigenvalue weighted by Crippen LogP contribution is 2.22. The normalized spacial score (nSPS) is 14.7. The molecule has 0 aliphatic carbocycles. The molecule has 7 heteroatoms. The van der Waals surface area contributed by atoms with Crippen LogP contribution in [0, 0.1) is 5.82 Å². The van der Waals surface area contributed by atoms with Crippen LogP contribution >= 0.6 is 0 Å². The third-order valence-corrected chi connectivity index (χ3v) is 3.84. The van der Waals surface area contributed by atoms with Crippen molar-refractivity contribution in [1.29, 1.82) is 0 Å². The summed E-state index contributed by atoms with van der Waals surface area (Å²) in [5.41, 5.74) is 0.250. The van der Waals surface area contributed by atoms with E-state index in [1.165, 1.54) is 25.3 Å². The molecule has 1 amide bonds. The van der Waals surface area contributed by atoms with Crippen LogP contribution in [0.2, 0.25) is 0 Å². The molecule has 0 spiro atoms. The Labute approximate surface area is 133 Å². The van der Waals surface area contributed by atoms with Gasteiger partial charge in [-0.05, 0) is 30.3 Å². The van der Waals surface area contributed by atoms with Crippen LogP contribution in [0.15, 0.2) is 36.5 Å². The maximum absolute atomic E-state index is 13.4. The predicted molar refractivity (Wildman–Crippen MR) is 83.1 cm³/mol. The molecule has 120 valence electrons. The number of amides is 1. The van der Waals surface area contributed by atoms with Crippen LogP contribution in [0.4, 0.5) is 10.2 Å². The molecule has 0 atom stereocenters. The molecule has 2 aromatic rings. The standard InChI is InChI=1S/C16H17FN4O2/c1-23-14-5-4-12(17)11-13(14)16(22)21-9-7-20(8-10-21)15-3-2-6-18-19-15/h2-6,11H,7-10H2,1H3. The highest BCUT2D eigenvalue weighted by molar-refractivity contribution is 5.97. The van der Waals surface area contributed by atoms with Gasteiger partial charge in [-0.25, -0.2) is 4.39 Å². The molecule has 6 nitrogen and oxygen atoms in total. The number of ether oxygens (including phenoxy) is 1. The molecular weight excluding hydrogens is 299 g/mol. The van der Waals surface area contributed by atoms with Crippen molar-refractivity contribution in [3.8, 4) is 5.75 Å². The van der Waals surface area contributed by atoms with Crippen molar-refractivity contribution < 1.29 is 13.9 Å². The molecule has 1 aromatic heterocycles. The number of carbonyl (C=O) groups is 1. The molecule has 0 radical (unpaired) electrons. The number of piperazine rings is 1. The molecule has 1 aromatic carbocycles. The van der Waals surface area contributed by atoms with E-state index in [1.807, 2.05) is 12.1 Å². The van der Waals surface area contributed by atoms with Gasteiger partial charge >= 0.3 is 0 Å². The van der Waals surface area contributed by atoms with Crippen molar-refractivity contribution in [2.24, 2.45) is 0 Å². The van der Waals surface area contributed by atoms with E-state index in [4.69, 9.17) is 4.74 Å². The van der Waals surface area contributed by atoms with Gasteiger partial charge in [-0.1, -0.05) is 0 Å². The molecule has 0 bridgehead atoms. The second kappa shape index (κ2) is 6.60. The molecule has 3 rings (SSSR count). The minimum absolute atomic E-state index is 0.222. The van der Waals surface area contributed by atoms with Crippen molar-refractivity contribution in [3.63, 3.8) is 0 Å². The van der Waals surface area contributed by atoms with Gasteiger partial charge in [0.25, 0.3) is 5.91 Å². The van der Waals surface area contributed by atoms with Crippen LogP contribution < -0.4 is 9.64 Å². The Kier molecular flexibility index (Phi) is 4.36. The molecular formula is C16H17FN4O2. The van der Waals surface area contributed by atoms with E-state index < -0.39 is 5.82 Å². The van der Waals surface area contributed by atoms with Crippen LogP contribution in [0.1, 0.15) is 10.4 Å². The lowest BCUT2D eigenvalue weighted by molar-refractivity contribution is 0.0742. The van der Waals surface area contributed by atoms with Gasteiger partial charge in [0.2, 0.25) is 0 Å². The summed E-state index contributed by atoms with van der Waals surface area (Å²) in [5.74, 6) is 0.503. The summed E-state index contributed by atoms with van der Waals surface area (Å²) >= 11 is 0. The minimum atomic E-state index is -0.452. The van der Waals surface area contributed by atoms with Crippen molar-refractivity contribution in [2.75, 3.05) is 38.2 Å². The fourth-order valence-electron chi connectivity index (χ4n) is 2.62. The molecule has 1 aliphatic rings. The zero-order chi connectivity index (χ0) is 16.2. The quantitative estimate of drug-likeness (QED) is 0.860. The number of nitrogens with zero attached hydrogens (tertiary/aromatic N) is 4. The number of hydrogen-bond acceptors (Lipinski definition) is 5. The minimum Gasteiger partial charge on any atom is -0.496 e. The van der Waals surface area contributed by atoms with Crippen LogP contribution in [-0.2, 0) is 0 Å². The van der Waals surface area contributed by atoms with Gasteiger partial charge < -0.3 is 14.5 Å². The zero-order valence-corrected chi connectivity index (χ0v) is 12.8. The van der Waals surface area contributed by atoms with Gasteiger partial charge in [0, 0.05) is 32.4 Å². The van der Waals surface area contributed by atoms with Crippen molar-refractivity contribution in [2.45, 2.75) is 0 Å². The van der Waals surface area contributed by atoms with Gasteiger partial charge in [0.05, 0.1) is 12.7 Å². The number of benzene rings is 1. The zero-order valence-electron chi connectivity index (χ0n) is 12.8. The third kappa shape index (κ3) is 3.23. The van der Waals surface area contributed by atoms with Gasteiger partial charge in [-0.3, -0.25) is 4.79 Å². The molecule has 0 unspecified atom stereocenters. The summed E-state index contributed by atoms with van der Waals surface area (Å²) < 4.78 is 18.6. The summed E-state index contributed by atoms with van der Waals surface area (Å²) in [7, 11) is 1.47. The van der Waals surface area contributed by atoms with Gasteiger partial charge in [-0.15, -0.1) is 5.10 Å². The molecule has 0 N–H and O–H groups in total. The number of carbonyl (C=O) groups excluding carboxylic acids is 1. The summed E-state index contributed by atoms with van der Waals surface area (Å²) in [4.78, 5) is 16.4. The first-order chi connectivity index (χ1) is 11.2. The highest BCUT2D eigenvalue weighted by Gasteiger charge is 2.25. The molecule has 0 saturated carbocycles. The second-order valence-electron chi connectivity index (χ2n) is 5.21. The van der Waals surface area contributed by atoms with Crippen LogP contribution in [0.5, 0.6) is 5.75 Å². The maximum Gasteiger partial charge on any atom is 0.257 e. The van der Waals surface area contributed by atoms with Gasteiger partial charge in [0.1, 0.15) is 11.6 Å². The second-order valence-corrected chi connectivity index (χ2v) is 5.21. The van der Waals surface area contributed by atoms with E-state index in [1.54, 1.807) is 11.1 Å². The SMILES string of the molecule is COc1ccc(F)cc1C(=O)N1CCN(c2cccnn2)CC1. The first-order valence-electron chi connectivity index (χ1n) is 7.34. The Bertz CT molecular complexity index is 688. The number of anilines is 1. The fourth-order valence-corrected chi connectivity index (χ4v) is 2.62. The number of halogens is 1. The Hall–Kier alpha value is -2.70. The van der Waals surface area contributed by atoms with E-state index in [0.717, 1.165) is 5.82 Å².